The number of carbonyl (C=O) groups excluding carboxylic acids is 1. The van der Waals surface area contributed by atoms with Crippen LogP contribution in [0.15, 0.2) is 66.7 Å². The summed E-state index contributed by atoms with van der Waals surface area (Å²) in [5.41, 5.74) is 3.44. The Kier molecular flexibility index (Phi) is 9.34. The summed E-state index contributed by atoms with van der Waals surface area (Å²) in [6.45, 7) is 7.96. The molecule has 1 heterocycles. The number of nitrogens with one attached hydrogen (secondary N) is 1. The van der Waals surface area contributed by atoms with Crippen LogP contribution in [-0.2, 0) is 20.9 Å². The second kappa shape index (κ2) is 12.6. The number of aliphatic carboxylic acids is 2. The Labute approximate surface area is 204 Å². The molecule has 3 N–H and O–H groups in total. The molecule has 0 spiro atoms. The first-order chi connectivity index (χ1) is 16.8. The maximum atomic E-state index is 12.2. The molecule has 1 fully saturated rings. The Morgan fingerprint density at radius 3 is 2.14 bits per heavy atom. The SMILES string of the molecule is Cc1cccc(NC(=O)CCN2CCN(Cc3cccc4ccccc34)CC2)c1.O=C(O)C(=O)O. The highest BCUT2D eigenvalue weighted by atomic mass is 16.4. The van der Waals surface area contributed by atoms with Gasteiger partial charge in [-0.2, -0.15) is 0 Å². The van der Waals surface area contributed by atoms with Crippen molar-refractivity contribution in [1.82, 2.24) is 9.80 Å². The maximum Gasteiger partial charge on any atom is 0.414 e. The van der Waals surface area contributed by atoms with E-state index < -0.39 is 11.9 Å². The normalized spacial score (nSPS) is 14.1. The van der Waals surface area contributed by atoms with Gasteiger partial charge in [-0.05, 0) is 41.0 Å². The summed E-state index contributed by atoms with van der Waals surface area (Å²) in [5, 5.41) is 20.4. The zero-order valence-electron chi connectivity index (χ0n) is 19.8. The number of fused-ring (bicyclic) bond motifs is 1. The van der Waals surface area contributed by atoms with Crippen LogP contribution < -0.4 is 5.32 Å². The van der Waals surface area contributed by atoms with Crippen LogP contribution in [-0.4, -0.2) is 70.6 Å². The van der Waals surface area contributed by atoms with Crippen LogP contribution in [0.1, 0.15) is 17.5 Å². The van der Waals surface area contributed by atoms with Gasteiger partial charge in [0.1, 0.15) is 0 Å². The molecule has 4 rings (SSSR count). The molecule has 8 heteroatoms. The van der Waals surface area contributed by atoms with Gasteiger partial charge < -0.3 is 20.4 Å². The van der Waals surface area contributed by atoms with Gasteiger partial charge in [-0.25, -0.2) is 9.59 Å². The van der Waals surface area contributed by atoms with E-state index >= 15 is 0 Å². The third-order valence-electron chi connectivity index (χ3n) is 5.88. The first-order valence-corrected chi connectivity index (χ1v) is 11.6. The summed E-state index contributed by atoms with van der Waals surface area (Å²) in [7, 11) is 0. The highest BCUT2D eigenvalue weighted by Gasteiger charge is 2.18. The molecule has 1 aliphatic rings. The fourth-order valence-corrected chi connectivity index (χ4v) is 4.05. The number of benzene rings is 3. The lowest BCUT2D eigenvalue weighted by Crippen LogP contribution is -2.46. The van der Waals surface area contributed by atoms with Crippen molar-refractivity contribution in [2.24, 2.45) is 0 Å². The molecule has 3 aromatic rings. The van der Waals surface area contributed by atoms with Crippen LogP contribution in [0.5, 0.6) is 0 Å². The fraction of sp³-hybridized carbons (Fsp3) is 0.296. The quantitative estimate of drug-likeness (QED) is 0.467. The van der Waals surface area contributed by atoms with E-state index in [-0.39, 0.29) is 5.91 Å². The zero-order chi connectivity index (χ0) is 25.2. The minimum Gasteiger partial charge on any atom is -0.473 e. The Hall–Kier alpha value is -3.75. The van der Waals surface area contributed by atoms with Crippen molar-refractivity contribution in [3.8, 4) is 0 Å². The Bertz CT molecular complexity index is 1150. The van der Waals surface area contributed by atoms with Crippen molar-refractivity contribution >= 4 is 34.3 Å². The Morgan fingerprint density at radius 1 is 0.829 bits per heavy atom. The molecule has 0 unspecified atom stereocenters. The molecular formula is C27H31N3O5. The summed E-state index contributed by atoms with van der Waals surface area (Å²) in [6.07, 6.45) is 0.539. The van der Waals surface area contributed by atoms with Crippen molar-refractivity contribution < 1.29 is 24.6 Å². The fourth-order valence-electron chi connectivity index (χ4n) is 4.05. The van der Waals surface area contributed by atoms with Crippen LogP contribution in [0, 0.1) is 6.92 Å². The number of amides is 1. The third kappa shape index (κ3) is 8.20. The number of hydrogen-bond donors (Lipinski definition) is 3. The second-order valence-corrected chi connectivity index (χ2v) is 8.53. The minimum absolute atomic E-state index is 0.0915. The van der Waals surface area contributed by atoms with E-state index in [4.69, 9.17) is 19.8 Å². The smallest absolute Gasteiger partial charge is 0.414 e. The first-order valence-electron chi connectivity index (χ1n) is 11.6. The van der Waals surface area contributed by atoms with Gasteiger partial charge in [-0.15, -0.1) is 0 Å². The molecule has 35 heavy (non-hydrogen) atoms. The van der Waals surface area contributed by atoms with E-state index in [9.17, 15) is 4.79 Å². The van der Waals surface area contributed by atoms with E-state index in [1.54, 1.807) is 0 Å². The minimum atomic E-state index is -1.82. The van der Waals surface area contributed by atoms with Crippen LogP contribution in [0.3, 0.4) is 0 Å². The highest BCUT2D eigenvalue weighted by molar-refractivity contribution is 6.27. The lowest BCUT2D eigenvalue weighted by molar-refractivity contribution is -0.159. The number of carbonyl (C=O) groups is 3. The summed E-state index contributed by atoms with van der Waals surface area (Å²) in [5.74, 6) is -3.56. The standard InChI is InChI=1S/C25H29N3O.C2H2O4/c1-20-6-4-10-23(18-20)26-25(29)12-13-27-14-16-28(17-15-27)19-22-9-5-8-21-7-2-3-11-24(21)22;3-1(4)2(5)6/h2-11,18H,12-17,19H2,1H3,(H,26,29);(H,3,4)(H,5,6). The molecule has 1 saturated heterocycles. The van der Waals surface area contributed by atoms with Crippen molar-refractivity contribution in [2.75, 3.05) is 38.0 Å². The van der Waals surface area contributed by atoms with Crippen LogP contribution in [0.2, 0.25) is 0 Å². The third-order valence-corrected chi connectivity index (χ3v) is 5.88. The van der Waals surface area contributed by atoms with Crippen molar-refractivity contribution in [3.05, 3.63) is 77.9 Å². The number of carboxylic acid groups (broad SMARTS) is 2. The van der Waals surface area contributed by atoms with Crippen LogP contribution in [0.4, 0.5) is 5.69 Å². The molecule has 0 bridgehead atoms. The number of piperazine rings is 1. The van der Waals surface area contributed by atoms with Gasteiger partial charge >= 0.3 is 11.9 Å². The molecule has 1 aliphatic heterocycles. The average Bonchev–Trinajstić information content (AvgIpc) is 2.84. The number of aryl methyl sites for hydroxylation is 1. The van der Waals surface area contributed by atoms with Crippen molar-refractivity contribution in [3.63, 3.8) is 0 Å². The summed E-state index contributed by atoms with van der Waals surface area (Å²) in [6, 6.07) is 23.1. The lowest BCUT2D eigenvalue weighted by Gasteiger charge is -2.34. The largest absolute Gasteiger partial charge is 0.473 e. The summed E-state index contributed by atoms with van der Waals surface area (Å²) in [4.78, 5) is 35.4. The predicted octanol–water partition coefficient (Wildman–Crippen LogP) is 3.45. The lowest BCUT2D eigenvalue weighted by atomic mass is 10.0. The molecule has 0 atom stereocenters. The van der Waals surface area contributed by atoms with Gasteiger partial charge in [0, 0.05) is 51.4 Å². The van der Waals surface area contributed by atoms with Crippen molar-refractivity contribution in [2.45, 2.75) is 19.9 Å². The molecule has 1 amide bonds. The summed E-state index contributed by atoms with van der Waals surface area (Å²) < 4.78 is 0. The molecule has 8 nitrogen and oxygen atoms in total. The van der Waals surface area contributed by atoms with Gasteiger partial charge in [0.15, 0.2) is 0 Å². The zero-order valence-corrected chi connectivity index (χ0v) is 19.8. The van der Waals surface area contributed by atoms with Gasteiger partial charge in [0.2, 0.25) is 5.91 Å². The molecule has 0 saturated carbocycles. The Balaban J connectivity index is 0.000000509. The predicted molar refractivity (Wildman–Crippen MR) is 135 cm³/mol. The van der Waals surface area contributed by atoms with Gasteiger partial charge in [0.05, 0.1) is 0 Å². The highest BCUT2D eigenvalue weighted by Crippen LogP contribution is 2.20. The van der Waals surface area contributed by atoms with Crippen molar-refractivity contribution in [1.29, 1.82) is 0 Å². The van der Waals surface area contributed by atoms with E-state index in [2.05, 4.69) is 57.6 Å². The molecule has 0 radical (unpaired) electrons. The van der Waals surface area contributed by atoms with Gasteiger partial charge in [-0.1, -0.05) is 54.6 Å². The number of anilines is 1. The number of nitrogens with zero attached hydrogens (tertiary/aromatic N) is 2. The number of rotatable bonds is 6. The topological polar surface area (TPSA) is 110 Å². The summed E-state index contributed by atoms with van der Waals surface area (Å²) >= 11 is 0. The van der Waals surface area contributed by atoms with Crippen LogP contribution in [0.25, 0.3) is 10.8 Å². The van der Waals surface area contributed by atoms with E-state index in [0.717, 1.165) is 50.5 Å². The van der Waals surface area contributed by atoms with Crippen LogP contribution >= 0.6 is 0 Å². The van der Waals surface area contributed by atoms with E-state index in [0.29, 0.717) is 6.42 Å². The Morgan fingerprint density at radius 2 is 1.46 bits per heavy atom. The maximum absolute atomic E-state index is 12.2. The van der Waals surface area contributed by atoms with Gasteiger partial charge in [-0.3, -0.25) is 9.69 Å². The molecule has 0 aliphatic carbocycles. The average molecular weight is 478 g/mol. The second-order valence-electron chi connectivity index (χ2n) is 8.53. The molecular weight excluding hydrogens is 446 g/mol. The van der Waals surface area contributed by atoms with Gasteiger partial charge in [0.25, 0.3) is 0 Å². The molecule has 0 aromatic heterocycles. The molecule has 3 aromatic carbocycles. The molecule has 184 valence electrons. The number of hydrogen-bond acceptors (Lipinski definition) is 5. The number of carboxylic acids is 2. The van der Waals surface area contributed by atoms with E-state index in [1.165, 1.54) is 16.3 Å². The van der Waals surface area contributed by atoms with E-state index in [1.807, 2.05) is 31.2 Å². The first kappa shape index (κ1) is 25.9. The monoisotopic (exact) mass is 477 g/mol.